The average molecular weight is 279 g/mol. The molecule has 0 amide bonds. The van der Waals surface area contributed by atoms with Crippen molar-refractivity contribution in [3.05, 3.63) is 35.9 Å². The Balaban J connectivity index is 2.92. The maximum absolute atomic E-state index is 12.2. The Morgan fingerprint density at radius 1 is 1.32 bits per heavy atom. The molecule has 3 N–H and O–H groups in total. The molecular formula is C13H14NO4P. The van der Waals surface area contributed by atoms with E-state index in [4.69, 9.17) is 5.73 Å². The van der Waals surface area contributed by atoms with Gasteiger partial charge in [-0.1, -0.05) is 0 Å². The standard InChI is InChI=1S/C13H14NO4P/c14-13(12(16)17,8-4-5-9-19-18)11(15)10-6-2-1-3-7-10/h1-3,6-7H,4-5,8,14H2,(H,16,17). The molecule has 0 aliphatic rings. The number of benzene rings is 1. The summed E-state index contributed by atoms with van der Waals surface area (Å²) in [6, 6.07) is 8.08. The number of Topliss-reactive ketones (excluding diaryl/α,β-unsaturated/α-hetero) is 1. The second-order valence-corrected chi connectivity index (χ2v) is 4.57. The van der Waals surface area contributed by atoms with E-state index in [9.17, 15) is 19.3 Å². The van der Waals surface area contributed by atoms with Gasteiger partial charge in [0.05, 0.1) is 0 Å². The number of aliphatic carboxylic acids is 1. The average Bonchev–Trinajstić information content (AvgIpc) is 2.43. The Bertz CT molecular complexity index is 567. The Morgan fingerprint density at radius 2 is 1.95 bits per heavy atom. The van der Waals surface area contributed by atoms with E-state index in [0.29, 0.717) is 12.8 Å². The third kappa shape index (κ3) is 3.90. The number of hydrogen-bond donors (Lipinski definition) is 2. The molecule has 0 spiro atoms. The van der Waals surface area contributed by atoms with Crippen molar-refractivity contribution in [1.29, 1.82) is 0 Å². The number of unbranched alkanes of at least 4 members (excludes halogenated alkanes) is 1. The van der Waals surface area contributed by atoms with Crippen LogP contribution in [0.15, 0.2) is 30.3 Å². The third-order valence-electron chi connectivity index (χ3n) is 2.75. The summed E-state index contributed by atoms with van der Waals surface area (Å²) in [6.07, 6.45) is 0.620. The van der Waals surface area contributed by atoms with Gasteiger partial charge in [0.2, 0.25) is 0 Å². The first-order chi connectivity index (χ1) is 9.02. The molecule has 1 unspecified atom stereocenters. The van der Waals surface area contributed by atoms with E-state index < -0.39 is 17.3 Å². The van der Waals surface area contributed by atoms with Gasteiger partial charge in [-0.2, -0.15) is 0 Å². The van der Waals surface area contributed by atoms with Gasteiger partial charge in [0.1, 0.15) is 0 Å². The molecule has 0 radical (unpaired) electrons. The normalized spacial score (nSPS) is 13.1. The van der Waals surface area contributed by atoms with Gasteiger partial charge in [0.15, 0.2) is 0 Å². The molecule has 0 saturated carbocycles. The molecule has 0 bridgehead atoms. The first kappa shape index (κ1) is 15.4. The molecule has 0 aromatic heterocycles. The summed E-state index contributed by atoms with van der Waals surface area (Å²) >= 11 is 0. The first-order valence-corrected chi connectivity index (χ1v) is 6.51. The van der Waals surface area contributed by atoms with Crippen molar-refractivity contribution in [3.8, 4) is 5.63 Å². The molecule has 5 nitrogen and oxygen atoms in total. The van der Waals surface area contributed by atoms with E-state index in [2.05, 4.69) is 5.63 Å². The van der Waals surface area contributed by atoms with Gasteiger partial charge in [-0.05, 0) is 0 Å². The summed E-state index contributed by atoms with van der Waals surface area (Å²) in [5.41, 5.74) is 6.55. The van der Waals surface area contributed by atoms with Crippen LogP contribution in [0.25, 0.3) is 0 Å². The monoisotopic (exact) mass is 279 g/mol. The van der Waals surface area contributed by atoms with Crippen molar-refractivity contribution in [2.75, 3.05) is 0 Å². The number of carbonyl (C=O) groups excluding carboxylic acids is 1. The number of carboxylic acids is 1. The van der Waals surface area contributed by atoms with Crippen LogP contribution in [0.1, 0.15) is 29.6 Å². The number of rotatable bonds is 6. The third-order valence-corrected chi connectivity index (χ3v) is 3.10. The number of hydrogen-bond acceptors (Lipinski definition) is 4. The van der Waals surface area contributed by atoms with Crippen LogP contribution in [0.5, 0.6) is 0 Å². The summed E-state index contributed by atoms with van der Waals surface area (Å²) in [7, 11) is -0.234. The van der Waals surface area contributed by atoms with Crippen LogP contribution in [0.4, 0.5) is 0 Å². The van der Waals surface area contributed by atoms with Gasteiger partial charge in [-0.3, -0.25) is 0 Å². The van der Waals surface area contributed by atoms with Crippen LogP contribution in [-0.4, -0.2) is 22.4 Å². The van der Waals surface area contributed by atoms with Crippen LogP contribution in [-0.2, 0) is 9.36 Å². The van der Waals surface area contributed by atoms with E-state index >= 15 is 0 Å². The quantitative estimate of drug-likeness (QED) is 0.359. The molecule has 0 aliphatic carbocycles. The molecule has 0 fully saturated rings. The maximum atomic E-state index is 12.2. The second-order valence-electron chi connectivity index (χ2n) is 4.07. The number of carbonyl (C=O) groups is 2. The summed E-state index contributed by atoms with van der Waals surface area (Å²) in [5, 5.41) is 9.19. The van der Waals surface area contributed by atoms with E-state index in [1.54, 1.807) is 18.2 Å². The Morgan fingerprint density at radius 3 is 2.47 bits per heavy atom. The minimum absolute atomic E-state index is 0.0292. The molecule has 0 saturated heterocycles. The van der Waals surface area contributed by atoms with Gasteiger partial charge in [-0.15, -0.1) is 0 Å². The van der Waals surface area contributed by atoms with Crippen molar-refractivity contribution < 1.29 is 19.3 Å². The zero-order valence-electron chi connectivity index (χ0n) is 10.2. The zero-order chi connectivity index (χ0) is 14.3. The second kappa shape index (κ2) is 7.05. The van der Waals surface area contributed by atoms with E-state index in [1.807, 2.05) is 0 Å². The molecule has 6 heteroatoms. The molecular weight excluding hydrogens is 265 g/mol. The van der Waals surface area contributed by atoms with E-state index in [1.165, 1.54) is 12.1 Å². The minimum atomic E-state index is -1.96. The summed E-state index contributed by atoms with van der Waals surface area (Å²) < 4.78 is 10.2. The Hall–Kier alpha value is -1.67. The molecule has 1 atom stereocenters. The van der Waals surface area contributed by atoms with Gasteiger partial charge in [0, 0.05) is 0 Å². The number of carboxylic acid groups (broad SMARTS) is 1. The van der Waals surface area contributed by atoms with Crippen molar-refractivity contribution in [2.24, 2.45) is 5.73 Å². The summed E-state index contributed by atoms with van der Waals surface area (Å²) in [5.74, 6) is -1.98. The van der Waals surface area contributed by atoms with E-state index in [0.717, 1.165) is 0 Å². The van der Waals surface area contributed by atoms with Gasteiger partial charge in [0.25, 0.3) is 0 Å². The molecule has 0 aliphatic heterocycles. The topological polar surface area (TPSA) is 97.5 Å². The van der Waals surface area contributed by atoms with Crippen LogP contribution in [0.3, 0.4) is 0 Å². The number of nitrogens with two attached hydrogens (primary N) is 1. The van der Waals surface area contributed by atoms with Crippen LogP contribution in [0.2, 0.25) is 0 Å². The van der Waals surface area contributed by atoms with E-state index in [-0.39, 0.29) is 19.9 Å². The Kier molecular flexibility index (Phi) is 5.71. The first-order valence-electron chi connectivity index (χ1n) is 5.69. The number of ketones is 1. The van der Waals surface area contributed by atoms with Gasteiger partial charge in [-0.25, -0.2) is 0 Å². The van der Waals surface area contributed by atoms with Crippen LogP contribution < -0.4 is 5.73 Å². The predicted molar refractivity (Wildman–Crippen MR) is 70.7 cm³/mol. The molecule has 0 heterocycles. The van der Waals surface area contributed by atoms with Crippen molar-refractivity contribution in [1.82, 2.24) is 0 Å². The molecule has 19 heavy (non-hydrogen) atoms. The van der Waals surface area contributed by atoms with Gasteiger partial charge < -0.3 is 0 Å². The van der Waals surface area contributed by atoms with Crippen molar-refractivity contribution in [2.45, 2.75) is 24.8 Å². The molecule has 1 aromatic rings. The van der Waals surface area contributed by atoms with Gasteiger partial charge >= 0.3 is 111 Å². The molecule has 1 rings (SSSR count). The summed E-state index contributed by atoms with van der Waals surface area (Å²) in [6.45, 7) is 0. The Labute approximate surface area is 111 Å². The van der Waals surface area contributed by atoms with Crippen molar-refractivity contribution >= 4 is 19.7 Å². The van der Waals surface area contributed by atoms with Crippen molar-refractivity contribution in [3.63, 3.8) is 0 Å². The van der Waals surface area contributed by atoms with Crippen LogP contribution in [0, 0.1) is 5.63 Å². The molecule has 1 aromatic carbocycles. The SMILES string of the molecule is NC(CCCC#P=O)(C(=O)O)C(=O)c1ccccc1. The molecule has 100 valence electrons. The fourth-order valence-corrected chi connectivity index (χ4v) is 1.91. The fraction of sp³-hybridized carbons (Fsp3) is 0.308. The summed E-state index contributed by atoms with van der Waals surface area (Å²) in [4.78, 5) is 23.5. The zero-order valence-corrected chi connectivity index (χ0v) is 11.1. The van der Waals surface area contributed by atoms with Crippen LogP contribution >= 0.6 is 7.92 Å². The predicted octanol–water partition coefficient (Wildman–Crippen LogP) is 2.07. The fourth-order valence-electron chi connectivity index (χ4n) is 1.66.